The van der Waals surface area contributed by atoms with Crippen LogP contribution in [0.4, 0.5) is 5.82 Å². The Kier molecular flexibility index (Phi) is 3.28. The van der Waals surface area contributed by atoms with Gasteiger partial charge in [-0.25, -0.2) is 0 Å². The molecule has 0 radical (unpaired) electrons. The molecule has 1 N–H and O–H groups in total. The molecule has 1 saturated carbocycles. The Labute approximate surface area is 113 Å². The van der Waals surface area contributed by atoms with Crippen molar-refractivity contribution < 1.29 is 4.79 Å². The van der Waals surface area contributed by atoms with Gasteiger partial charge in [0.15, 0.2) is 6.29 Å². The van der Waals surface area contributed by atoms with Gasteiger partial charge in [-0.3, -0.25) is 4.79 Å². The van der Waals surface area contributed by atoms with Gasteiger partial charge in [-0.1, -0.05) is 37.5 Å². The van der Waals surface area contributed by atoms with Gasteiger partial charge in [0, 0.05) is 24.0 Å². The molecular weight excluding hydrogens is 236 g/mol. The van der Waals surface area contributed by atoms with Crippen LogP contribution in [0.1, 0.15) is 42.5 Å². The first-order chi connectivity index (χ1) is 9.31. The third kappa shape index (κ3) is 2.14. The largest absolute Gasteiger partial charge is 0.358 e. The van der Waals surface area contributed by atoms with E-state index < -0.39 is 0 Å². The number of hydrogen-bond donors (Lipinski definition) is 1. The summed E-state index contributed by atoms with van der Waals surface area (Å²) in [7, 11) is 2.10. The van der Waals surface area contributed by atoms with E-state index >= 15 is 0 Å². The van der Waals surface area contributed by atoms with Crippen molar-refractivity contribution in [3.63, 3.8) is 0 Å². The SMILES string of the molecule is CN(c1[nH]c2ccccc2c1C=O)C1CCCCC1. The molecule has 0 aliphatic heterocycles. The summed E-state index contributed by atoms with van der Waals surface area (Å²) in [5.41, 5.74) is 1.84. The average Bonchev–Trinajstić information content (AvgIpc) is 2.85. The van der Waals surface area contributed by atoms with Crippen LogP contribution in [0, 0.1) is 0 Å². The van der Waals surface area contributed by atoms with Gasteiger partial charge < -0.3 is 9.88 Å². The minimum atomic E-state index is 0.556. The molecule has 19 heavy (non-hydrogen) atoms. The Morgan fingerprint density at radius 2 is 1.95 bits per heavy atom. The van der Waals surface area contributed by atoms with Gasteiger partial charge >= 0.3 is 0 Å². The molecular formula is C16H20N2O. The normalized spacial score (nSPS) is 16.7. The first-order valence-corrected chi connectivity index (χ1v) is 7.10. The second kappa shape index (κ2) is 5.08. The molecule has 1 fully saturated rings. The number of carbonyl (C=O) groups excluding carboxylic acids is 1. The number of nitrogens with one attached hydrogen (secondary N) is 1. The summed E-state index contributed by atoms with van der Waals surface area (Å²) < 4.78 is 0. The van der Waals surface area contributed by atoms with Crippen LogP contribution in [0.5, 0.6) is 0 Å². The molecule has 2 aromatic rings. The van der Waals surface area contributed by atoms with Crippen molar-refractivity contribution in [1.29, 1.82) is 0 Å². The first-order valence-electron chi connectivity index (χ1n) is 7.10. The average molecular weight is 256 g/mol. The van der Waals surface area contributed by atoms with Crippen molar-refractivity contribution >= 4 is 23.0 Å². The molecule has 0 unspecified atom stereocenters. The lowest BCUT2D eigenvalue weighted by molar-refractivity contribution is 0.112. The van der Waals surface area contributed by atoms with E-state index in [0.717, 1.165) is 28.6 Å². The topological polar surface area (TPSA) is 36.1 Å². The summed E-state index contributed by atoms with van der Waals surface area (Å²) in [6, 6.07) is 8.57. The summed E-state index contributed by atoms with van der Waals surface area (Å²) in [4.78, 5) is 17.1. The molecule has 0 atom stereocenters. The lowest BCUT2D eigenvalue weighted by atomic mass is 9.94. The molecule has 0 amide bonds. The molecule has 3 nitrogen and oxygen atoms in total. The number of rotatable bonds is 3. The van der Waals surface area contributed by atoms with Gasteiger partial charge in [0.05, 0.1) is 5.56 Å². The second-order valence-corrected chi connectivity index (χ2v) is 5.45. The van der Waals surface area contributed by atoms with Crippen molar-refractivity contribution in [2.45, 2.75) is 38.1 Å². The second-order valence-electron chi connectivity index (χ2n) is 5.45. The van der Waals surface area contributed by atoms with Crippen molar-refractivity contribution in [2.24, 2.45) is 0 Å². The molecule has 1 aliphatic carbocycles. The highest BCUT2D eigenvalue weighted by Crippen LogP contribution is 2.31. The van der Waals surface area contributed by atoms with Crippen LogP contribution in [0.15, 0.2) is 24.3 Å². The van der Waals surface area contributed by atoms with Crippen LogP contribution in [0.25, 0.3) is 10.9 Å². The zero-order valence-corrected chi connectivity index (χ0v) is 11.4. The quantitative estimate of drug-likeness (QED) is 0.849. The number of anilines is 1. The predicted molar refractivity (Wildman–Crippen MR) is 79.0 cm³/mol. The van der Waals surface area contributed by atoms with Gasteiger partial charge in [0.2, 0.25) is 0 Å². The molecule has 100 valence electrons. The molecule has 1 heterocycles. The number of para-hydroxylation sites is 1. The van der Waals surface area contributed by atoms with Crippen LogP contribution in [0.2, 0.25) is 0 Å². The maximum absolute atomic E-state index is 11.4. The van der Waals surface area contributed by atoms with Crippen LogP contribution in [0.3, 0.4) is 0 Å². The van der Waals surface area contributed by atoms with Gasteiger partial charge in [-0.2, -0.15) is 0 Å². The van der Waals surface area contributed by atoms with E-state index in [0.29, 0.717) is 6.04 Å². The Morgan fingerprint density at radius 1 is 1.21 bits per heavy atom. The predicted octanol–water partition coefficient (Wildman–Crippen LogP) is 3.75. The number of carbonyl (C=O) groups is 1. The molecule has 1 aliphatic rings. The number of aldehydes is 1. The van der Waals surface area contributed by atoms with Crippen molar-refractivity contribution in [3.05, 3.63) is 29.8 Å². The third-order valence-corrected chi connectivity index (χ3v) is 4.32. The number of H-pyrrole nitrogens is 1. The van der Waals surface area contributed by atoms with Crippen molar-refractivity contribution in [2.75, 3.05) is 11.9 Å². The maximum Gasteiger partial charge on any atom is 0.154 e. The molecule has 0 bridgehead atoms. The zero-order valence-electron chi connectivity index (χ0n) is 11.4. The first kappa shape index (κ1) is 12.3. The number of benzene rings is 1. The van der Waals surface area contributed by atoms with Gasteiger partial charge in [-0.15, -0.1) is 0 Å². The maximum atomic E-state index is 11.4. The van der Waals surface area contributed by atoms with Crippen LogP contribution >= 0.6 is 0 Å². The Balaban J connectivity index is 2.01. The van der Waals surface area contributed by atoms with E-state index in [4.69, 9.17) is 0 Å². The number of aromatic amines is 1. The van der Waals surface area contributed by atoms with E-state index in [9.17, 15) is 4.79 Å². The smallest absolute Gasteiger partial charge is 0.154 e. The number of hydrogen-bond acceptors (Lipinski definition) is 2. The monoisotopic (exact) mass is 256 g/mol. The van der Waals surface area contributed by atoms with Crippen LogP contribution < -0.4 is 4.90 Å². The molecule has 0 saturated heterocycles. The highest BCUT2D eigenvalue weighted by atomic mass is 16.1. The molecule has 0 spiro atoms. The molecule has 1 aromatic heterocycles. The summed E-state index contributed by atoms with van der Waals surface area (Å²) in [5, 5.41) is 1.02. The number of fused-ring (bicyclic) bond motifs is 1. The molecule has 1 aromatic carbocycles. The molecule has 3 heteroatoms. The van der Waals surface area contributed by atoms with E-state index in [1.165, 1.54) is 32.1 Å². The third-order valence-electron chi connectivity index (χ3n) is 4.32. The fourth-order valence-electron chi connectivity index (χ4n) is 3.20. The highest BCUT2D eigenvalue weighted by molar-refractivity contribution is 6.03. The Morgan fingerprint density at radius 3 is 2.68 bits per heavy atom. The lowest BCUT2D eigenvalue weighted by Crippen LogP contribution is -2.34. The van der Waals surface area contributed by atoms with E-state index in [2.05, 4.69) is 16.9 Å². The highest BCUT2D eigenvalue weighted by Gasteiger charge is 2.22. The van der Waals surface area contributed by atoms with E-state index in [-0.39, 0.29) is 0 Å². The summed E-state index contributed by atoms with van der Waals surface area (Å²) in [6.45, 7) is 0. The summed E-state index contributed by atoms with van der Waals surface area (Å²) >= 11 is 0. The zero-order chi connectivity index (χ0) is 13.2. The van der Waals surface area contributed by atoms with Crippen LogP contribution in [-0.2, 0) is 0 Å². The lowest BCUT2D eigenvalue weighted by Gasteiger charge is -2.32. The van der Waals surface area contributed by atoms with Crippen LogP contribution in [-0.4, -0.2) is 24.4 Å². The fourth-order valence-corrected chi connectivity index (χ4v) is 3.20. The van der Waals surface area contributed by atoms with E-state index in [1.54, 1.807) is 0 Å². The Bertz CT molecular complexity index is 581. The summed E-state index contributed by atoms with van der Waals surface area (Å²) in [5.74, 6) is 0.975. The summed E-state index contributed by atoms with van der Waals surface area (Å²) in [6.07, 6.45) is 7.37. The van der Waals surface area contributed by atoms with E-state index in [1.807, 2.05) is 24.3 Å². The number of nitrogens with zero attached hydrogens (tertiary/aromatic N) is 1. The fraction of sp³-hybridized carbons (Fsp3) is 0.438. The molecule has 3 rings (SSSR count). The van der Waals surface area contributed by atoms with Gasteiger partial charge in [0.1, 0.15) is 5.82 Å². The Hall–Kier alpha value is -1.77. The minimum Gasteiger partial charge on any atom is -0.358 e. The van der Waals surface area contributed by atoms with Crippen molar-refractivity contribution in [3.8, 4) is 0 Å². The van der Waals surface area contributed by atoms with Crippen molar-refractivity contribution in [1.82, 2.24) is 4.98 Å². The van der Waals surface area contributed by atoms with Gasteiger partial charge in [-0.05, 0) is 18.9 Å². The van der Waals surface area contributed by atoms with Gasteiger partial charge in [0.25, 0.3) is 0 Å². The standard InChI is InChI=1S/C16H20N2O/c1-18(12-7-3-2-4-8-12)16-14(11-19)13-9-5-6-10-15(13)17-16/h5-6,9-12,17H,2-4,7-8H2,1H3. The minimum absolute atomic E-state index is 0.556. The number of aromatic nitrogens is 1.